The van der Waals surface area contributed by atoms with E-state index in [0.717, 1.165) is 16.5 Å². The normalized spacial score (nSPS) is 11.5. The molecule has 0 fully saturated rings. The van der Waals surface area contributed by atoms with Crippen LogP contribution in [0.1, 0.15) is 38.6 Å². The van der Waals surface area contributed by atoms with Gasteiger partial charge >= 0.3 is 5.97 Å². The molecule has 0 spiro atoms. The summed E-state index contributed by atoms with van der Waals surface area (Å²) in [5, 5.41) is 4.92. The number of carbonyl (C=O) groups is 1. The maximum atomic E-state index is 13.1. The summed E-state index contributed by atoms with van der Waals surface area (Å²) in [6.45, 7) is 5.37. The topological polar surface area (TPSA) is 82.8 Å². The van der Waals surface area contributed by atoms with Crippen molar-refractivity contribution in [3.8, 4) is 5.75 Å². The minimum atomic E-state index is -0.451. The van der Waals surface area contributed by atoms with Crippen molar-refractivity contribution in [3.05, 3.63) is 65.5 Å². The molecule has 10 heteroatoms. The van der Waals surface area contributed by atoms with Crippen molar-refractivity contribution in [1.82, 2.24) is 9.66 Å². The van der Waals surface area contributed by atoms with Crippen LogP contribution in [0.25, 0.3) is 10.9 Å². The van der Waals surface area contributed by atoms with E-state index in [1.165, 1.54) is 4.68 Å². The number of esters is 1. The monoisotopic (exact) mass is 641 g/mol. The van der Waals surface area contributed by atoms with Gasteiger partial charge in [0.05, 0.1) is 32.2 Å². The van der Waals surface area contributed by atoms with Crippen LogP contribution in [-0.2, 0) is 16.0 Å². The van der Waals surface area contributed by atoms with E-state index < -0.39 is 5.97 Å². The quantitative estimate of drug-likeness (QED) is 0.227. The lowest BCUT2D eigenvalue weighted by Gasteiger charge is -2.12. The molecule has 0 saturated carbocycles. The second-order valence-corrected chi connectivity index (χ2v) is 10.1. The highest BCUT2D eigenvalue weighted by Crippen LogP contribution is 2.34. The fourth-order valence-electron chi connectivity index (χ4n) is 3.04. The Labute approximate surface area is 216 Å². The van der Waals surface area contributed by atoms with Gasteiger partial charge in [-0.2, -0.15) is 9.78 Å². The van der Waals surface area contributed by atoms with Gasteiger partial charge < -0.3 is 9.47 Å². The molecule has 0 atom stereocenters. The number of ether oxygens (including phenoxy) is 2. The molecule has 0 aliphatic carbocycles. The van der Waals surface area contributed by atoms with Gasteiger partial charge in [-0.3, -0.25) is 4.79 Å². The van der Waals surface area contributed by atoms with Gasteiger partial charge in [0.1, 0.15) is 11.6 Å². The molecule has 0 aliphatic rings. The molecule has 0 N–H and O–H groups in total. The first-order valence-corrected chi connectivity index (χ1v) is 12.6. The van der Waals surface area contributed by atoms with Crippen molar-refractivity contribution in [2.75, 3.05) is 6.61 Å². The summed E-state index contributed by atoms with van der Waals surface area (Å²) >= 11 is 10.3. The average Bonchev–Trinajstić information content (AvgIpc) is 2.73. The highest BCUT2D eigenvalue weighted by Gasteiger charge is 2.14. The van der Waals surface area contributed by atoms with E-state index in [4.69, 9.17) is 9.47 Å². The van der Waals surface area contributed by atoms with Crippen molar-refractivity contribution in [3.63, 3.8) is 0 Å². The number of hydrogen-bond acceptors (Lipinski definition) is 6. The van der Waals surface area contributed by atoms with Crippen molar-refractivity contribution in [1.29, 1.82) is 0 Å². The Bertz CT molecular complexity index is 1250. The van der Waals surface area contributed by atoms with Crippen LogP contribution in [-0.4, -0.2) is 34.6 Å². The lowest BCUT2D eigenvalue weighted by Crippen LogP contribution is -2.22. The van der Waals surface area contributed by atoms with E-state index in [0.29, 0.717) is 37.8 Å². The number of fused-ring (bicyclic) bond motifs is 1. The number of carbonyl (C=O) groups excluding carboxylic acids is 1. The van der Waals surface area contributed by atoms with E-state index in [9.17, 15) is 9.59 Å². The van der Waals surface area contributed by atoms with E-state index in [-0.39, 0.29) is 18.3 Å². The molecule has 0 bridgehead atoms. The number of aromatic nitrogens is 2. The third kappa shape index (κ3) is 6.51. The summed E-state index contributed by atoms with van der Waals surface area (Å²) in [5.74, 6) is 0.608. The number of benzene rings is 2. The van der Waals surface area contributed by atoms with Crippen molar-refractivity contribution in [2.45, 2.75) is 39.7 Å². The van der Waals surface area contributed by atoms with Gasteiger partial charge in [0.15, 0.2) is 6.61 Å². The Kier molecular flexibility index (Phi) is 8.83. The maximum Gasteiger partial charge on any atom is 0.344 e. The Morgan fingerprint density at radius 1 is 1.18 bits per heavy atom. The van der Waals surface area contributed by atoms with Gasteiger partial charge in [-0.15, -0.1) is 0 Å². The molecule has 0 amide bonds. The maximum absolute atomic E-state index is 13.1. The second-order valence-electron chi connectivity index (χ2n) is 7.44. The van der Waals surface area contributed by atoms with Gasteiger partial charge in [0.25, 0.3) is 5.56 Å². The number of nitrogens with zero attached hydrogens (tertiary/aromatic N) is 3. The lowest BCUT2D eigenvalue weighted by molar-refractivity contribution is -0.149. The first kappa shape index (κ1) is 25.6. The zero-order chi connectivity index (χ0) is 24.1. The molecule has 3 aromatic rings. The summed E-state index contributed by atoms with van der Waals surface area (Å²) < 4.78 is 14.1. The standard InChI is InChI=1S/C23H22Br3N3O4/c1-4-5-20-28-19-7-6-15(24)10-16(19)23(31)29(20)27-11-14-8-17(25)22(18(26)9-14)32-12-21(30)33-13(2)3/h6-11,13H,4-5,12H2,1-3H3. The van der Waals surface area contributed by atoms with Gasteiger partial charge in [0.2, 0.25) is 0 Å². The minimum Gasteiger partial charge on any atom is -0.480 e. The number of hydrogen-bond donors (Lipinski definition) is 0. The number of halogens is 3. The molecule has 33 heavy (non-hydrogen) atoms. The highest BCUT2D eigenvalue weighted by atomic mass is 79.9. The van der Waals surface area contributed by atoms with Crippen LogP contribution < -0.4 is 10.3 Å². The Morgan fingerprint density at radius 3 is 2.52 bits per heavy atom. The Balaban J connectivity index is 1.92. The van der Waals surface area contributed by atoms with Gasteiger partial charge in [-0.25, -0.2) is 9.78 Å². The second kappa shape index (κ2) is 11.4. The molecule has 3 rings (SSSR count). The Hall–Kier alpha value is -2.04. The smallest absolute Gasteiger partial charge is 0.344 e. The highest BCUT2D eigenvalue weighted by molar-refractivity contribution is 9.11. The summed E-state index contributed by atoms with van der Waals surface area (Å²) in [5.41, 5.74) is 1.12. The van der Waals surface area contributed by atoms with Crippen LogP contribution in [0.3, 0.4) is 0 Å². The fraction of sp³-hybridized carbons (Fsp3) is 0.304. The van der Waals surface area contributed by atoms with Crippen LogP contribution in [0.15, 0.2) is 53.6 Å². The molecular weight excluding hydrogens is 622 g/mol. The molecule has 2 aromatic carbocycles. The van der Waals surface area contributed by atoms with Crippen molar-refractivity contribution >= 4 is 70.9 Å². The molecule has 0 saturated heterocycles. The van der Waals surface area contributed by atoms with Gasteiger partial charge in [-0.1, -0.05) is 22.9 Å². The third-order valence-electron chi connectivity index (χ3n) is 4.39. The molecule has 0 aliphatic heterocycles. The summed E-state index contributed by atoms with van der Waals surface area (Å²) in [4.78, 5) is 29.5. The lowest BCUT2D eigenvalue weighted by atomic mass is 10.2. The average molecular weight is 644 g/mol. The van der Waals surface area contributed by atoms with Crippen molar-refractivity contribution in [2.24, 2.45) is 5.10 Å². The molecule has 0 unspecified atom stereocenters. The fourth-order valence-corrected chi connectivity index (χ4v) is 4.86. The zero-order valence-corrected chi connectivity index (χ0v) is 23.0. The van der Waals surface area contributed by atoms with E-state index in [1.807, 2.05) is 19.1 Å². The molecule has 174 valence electrons. The predicted octanol–water partition coefficient (Wildman–Crippen LogP) is 5.85. The number of aryl methyl sites for hydroxylation is 1. The predicted molar refractivity (Wildman–Crippen MR) is 139 cm³/mol. The van der Waals surface area contributed by atoms with E-state index >= 15 is 0 Å². The number of rotatable bonds is 8. The van der Waals surface area contributed by atoms with E-state index in [2.05, 4.69) is 57.9 Å². The first-order chi connectivity index (χ1) is 15.7. The molecular formula is C23H22Br3N3O4. The van der Waals surface area contributed by atoms with Crippen molar-refractivity contribution < 1.29 is 14.3 Å². The SMILES string of the molecule is CCCc1nc2ccc(Br)cc2c(=O)n1N=Cc1cc(Br)c(OCC(=O)OC(C)C)c(Br)c1. The van der Waals surface area contributed by atoms with E-state index in [1.54, 1.807) is 38.3 Å². The summed E-state index contributed by atoms with van der Waals surface area (Å²) in [6.07, 6.45) is 2.81. The molecule has 0 radical (unpaired) electrons. The van der Waals surface area contributed by atoms with Gasteiger partial charge in [0, 0.05) is 10.9 Å². The van der Waals surface area contributed by atoms with Gasteiger partial charge in [-0.05, 0) is 88.0 Å². The van der Waals surface area contributed by atoms with Crippen LogP contribution in [0.2, 0.25) is 0 Å². The Morgan fingerprint density at radius 2 is 1.88 bits per heavy atom. The largest absolute Gasteiger partial charge is 0.480 e. The minimum absolute atomic E-state index is 0.210. The zero-order valence-electron chi connectivity index (χ0n) is 18.3. The molecule has 7 nitrogen and oxygen atoms in total. The van der Waals surface area contributed by atoms with Crippen LogP contribution in [0.4, 0.5) is 0 Å². The van der Waals surface area contributed by atoms with Crippen LogP contribution in [0.5, 0.6) is 5.75 Å². The van der Waals surface area contributed by atoms with Crippen LogP contribution in [0, 0.1) is 0 Å². The molecule has 1 aromatic heterocycles. The summed E-state index contributed by atoms with van der Waals surface area (Å²) in [7, 11) is 0. The summed E-state index contributed by atoms with van der Waals surface area (Å²) in [6, 6.07) is 8.99. The molecule has 1 heterocycles. The third-order valence-corrected chi connectivity index (χ3v) is 6.06. The van der Waals surface area contributed by atoms with Crippen LogP contribution >= 0.6 is 47.8 Å². The first-order valence-electron chi connectivity index (χ1n) is 10.3.